The first kappa shape index (κ1) is 28.9. The summed E-state index contributed by atoms with van der Waals surface area (Å²) in [6.45, 7) is 5.89. The van der Waals surface area contributed by atoms with Gasteiger partial charge in [0.2, 0.25) is 11.3 Å². The van der Waals surface area contributed by atoms with E-state index in [0.29, 0.717) is 12.3 Å². The SMILES string of the molecule is COc1cc(-c2ccc3c(c2)nc(CCc2ccccc2)n3CCN2CCN(CC(=O)NSC)CC2)cccc1=O. The van der Waals surface area contributed by atoms with E-state index in [1.807, 2.05) is 18.4 Å². The van der Waals surface area contributed by atoms with E-state index in [1.54, 1.807) is 12.1 Å². The van der Waals surface area contributed by atoms with Gasteiger partial charge in [0.1, 0.15) is 5.82 Å². The predicted octanol–water partition coefficient (Wildman–Crippen LogP) is 3.87. The van der Waals surface area contributed by atoms with E-state index in [9.17, 15) is 9.59 Å². The number of nitrogens with zero attached hydrogens (tertiary/aromatic N) is 4. The van der Waals surface area contributed by atoms with Gasteiger partial charge in [0.05, 0.1) is 24.7 Å². The van der Waals surface area contributed by atoms with Crippen molar-refractivity contribution in [3.8, 4) is 16.9 Å². The number of ether oxygens (including phenoxy) is 1. The van der Waals surface area contributed by atoms with Crippen LogP contribution in [0, 0.1) is 0 Å². The van der Waals surface area contributed by atoms with Crippen LogP contribution in [0.1, 0.15) is 11.4 Å². The van der Waals surface area contributed by atoms with E-state index in [-0.39, 0.29) is 11.3 Å². The summed E-state index contributed by atoms with van der Waals surface area (Å²) in [5.74, 6) is 1.46. The number of amides is 1. The standard InChI is InChI=1S/C32H37N5O3S/c1-40-30-22-25(9-6-10-29(30)38)26-12-13-28-27(21-26)33-31(14-11-24-7-4-3-5-8-24)37(28)20-19-35-15-17-36(18-16-35)23-32(39)34-41-2/h3-10,12-13,21-22H,11,14-20,23H2,1-2H3,(H,34,39). The number of aromatic nitrogens is 2. The largest absolute Gasteiger partial charge is 0.493 e. The summed E-state index contributed by atoms with van der Waals surface area (Å²) in [5, 5.41) is 0. The zero-order valence-corrected chi connectivity index (χ0v) is 24.5. The van der Waals surface area contributed by atoms with Crippen molar-refractivity contribution in [2.45, 2.75) is 19.4 Å². The maximum atomic E-state index is 12.2. The molecule has 0 atom stereocenters. The Hall–Kier alpha value is -3.66. The number of hydrogen-bond donors (Lipinski definition) is 1. The molecule has 1 aliphatic rings. The molecule has 3 aromatic carbocycles. The molecule has 1 saturated heterocycles. The first-order chi connectivity index (χ1) is 20.0. The number of methoxy groups -OCH3 is 1. The minimum Gasteiger partial charge on any atom is -0.493 e. The molecule has 1 aliphatic heterocycles. The Morgan fingerprint density at radius 2 is 1.66 bits per heavy atom. The normalized spacial score (nSPS) is 14.3. The molecule has 9 heteroatoms. The number of carbonyl (C=O) groups is 1. The summed E-state index contributed by atoms with van der Waals surface area (Å²) in [4.78, 5) is 34.0. The zero-order chi connectivity index (χ0) is 28.6. The van der Waals surface area contributed by atoms with Crippen LogP contribution in [0.15, 0.2) is 77.6 Å². The van der Waals surface area contributed by atoms with Gasteiger partial charge >= 0.3 is 0 Å². The van der Waals surface area contributed by atoms with E-state index < -0.39 is 0 Å². The lowest BCUT2D eigenvalue weighted by Gasteiger charge is -2.34. The Kier molecular flexibility index (Phi) is 9.71. The third kappa shape index (κ3) is 7.35. The van der Waals surface area contributed by atoms with E-state index in [4.69, 9.17) is 9.72 Å². The fourth-order valence-corrected chi connectivity index (χ4v) is 5.68. The number of nitrogens with one attached hydrogen (secondary N) is 1. The molecule has 1 amide bonds. The van der Waals surface area contributed by atoms with Crippen LogP contribution < -0.4 is 14.9 Å². The monoisotopic (exact) mass is 571 g/mol. The number of hydrogen-bond acceptors (Lipinski definition) is 7. The molecule has 0 radical (unpaired) electrons. The Bertz CT molecular complexity index is 1530. The van der Waals surface area contributed by atoms with E-state index >= 15 is 0 Å². The molecule has 1 N–H and O–H groups in total. The van der Waals surface area contributed by atoms with Crippen LogP contribution in [-0.2, 0) is 24.2 Å². The summed E-state index contributed by atoms with van der Waals surface area (Å²) < 4.78 is 10.5. The number of aryl methyl sites for hydroxylation is 2. The second-order valence-corrected chi connectivity index (χ2v) is 10.9. The van der Waals surface area contributed by atoms with Gasteiger partial charge in [-0.15, -0.1) is 0 Å². The van der Waals surface area contributed by atoms with Gasteiger partial charge in [0, 0.05) is 51.9 Å². The molecule has 214 valence electrons. The molecule has 41 heavy (non-hydrogen) atoms. The van der Waals surface area contributed by atoms with Crippen molar-refractivity contribution >= 4 is 28.9 Å². The van der Waals surface area contributed by atoms with Crippen LogP contribution in [0.3, 0.4) is 0 Å². The third-order valence-electron chi connectivity index (χ3n) is 7.60. The lowest BCUT2D eigenvalue weighted by molar-refractivity contribution is -0.120. The molecule has 0 saturated carbocycles. The van der Waals surface area contributed by atoms with Crippen molar-refractivity contribution in [1.82, 2.24) is 24.1 Å². The molecule has 0 bridgehead atoms. The number of fused-ring (bicyclic) bond motifs is 1. The highest BCUT2D eigenvalue weighted by molar-refractivity contribution is 7.97. The van der Waals surface area contributed by atoms with Gasteiger partial charge in [-0.2, -0.15) is 0 Å². The van der Waals surface area contributed by atoms with Crippen molar-refractivity contribution in [2.75, 3.05) is 52.6 Å². The van der Waals surface area contributed by atoms with E-state index in [0.717, 1.165) is 80.1 Å². The van der Waals surface area contributed by atoms with Gasteiger partial charge in [-0.25, -0.2) is 4.98 Å². The summed E-state index contributed by atoms with van der Waals surface area (Å²) in [5.41, 5.74) is 5.12. The highest BCUT2D eigenvalue weighted by atomic mass is 32.2. The van der Waals surface area contributed by atoms with Crippen LogP contribution in [-0.4, -0.2) is 77.9 Å². The maximum absolute atomic E-state index is 12.2. The fraction of sp³-hybridized carbons (Fsp3) is 0.344. The first-order valence-corrected chi connectivity index (χ1v) is 15.2. The molecule has 0 unspecified atom stereocenters. The highest BCUT2D eigenvalue weighted by Gasteiger charge is 2.20. The number of benzene rings is 2. The fourth-order valence-electron chi connectivity index (χ4n) is 5.38. The molecule has 1 aromatic heterocycles. The molecule has 2 heterocycles. The maximum Gasteiger partial charge on any atom is 0.243 e. The summed E-state index contributed by atoms with van der Waals surface area (Å²) in [7, 11) is 1.52. The van der Waals surface area contributed by atoms with Crippen molar-refractivity contribution in [2.24, 2.45) is 0 Å². The number of imidazole rings is 1. The minimum absolute atomic E-state index is 0.0643. The minimum atomic E-state index is -0.142. The Morgan fingerprint density at radius 1 is 0.902 bits per heavy atom. The summed E-state index contributed by atoms with van der Waals surface area (Å²) in [6, 6.07) is 23.9. The average Bonchev–Trinajstić information content (AvgIpc) is 3.22. The van der Waals surface area contributed by atoms with Gasteiger partial charge in [-0.3, -0.25) is 24.1 Å². The first-order valence-electron chi connectivity index (χ1n) is 14.0. The quantitative estimate of drug-likeness (QED) is 0.274. The van der Waals surface area contributed by atoms with E-state index in [1.165, 1.54) is 30.7 Å². The summed E-state index contributed by atoms with van der Waals surface area (Å²) in [6.07, 6.45) is 3.64. The van der Waals surface area contributed by atoms with Crippen molar-refractivity contribution in [3.05, 3.63) is 94.4 Å². The molecular formula is C32H37N5O3S. The predicted molar refractivity (Wildman–Crippen MR) is 166 cm³/mol. The lowest BCUT2D eigenvalue weighted by Crippen LogP contribution is -2.49. The molecule has 4 aromatic rings. The second kappa shape index (κ2) is 13.8. The van der Waals surface area contributed by atoms with E-state index in [2.05, 4.69) is 61.6 Å². The molecule has 0 aliphatic carbocycles. The highest BCUT2D eigenvalue weighted by Crippen LogP contribution is 2.27. The Morgan fingerprint density at radius 3 is 2.41 bits per heavy atom. The van der Waals surface area contributed by atoms with Gasteiger partial charge in [-0.05, 0) is 47.4 Å². The van der Waals surface area contributed by atoms with Crippen LogP contribution in [0.4, 0.5) is 0 Å². The van der Waals surface area contributed by atoms with Crippen LogP contribution >= 0.6 is 11.9 Å². The topological polar surface area (TPSA) is 79.7 Å². The van der Waals surface area contributed by atoms with Gasteiger partial charge in [0.25, 0.3) is 0 Å². The molecular weight excluding hydrogens is 534 g/mol. The average molecular weight is 572 g/mol. The molecule has 0 spiro atoms. The Balaban J connectivity index is 1.36. The lowest BCUT2D eigenvalue weighted by atomic mass is 10.1. The zero-order valence-electron chi connectivity index (χ0n) is 23.7. The van der Waals surface area contributed by atoms with Crippen LogP contribution in [0.5, 0.6) is 5.75 Å². The third-order valence-corrected chi connectivity index (χ3v) is 8.03. The van der Waals surface area contributed by atoms with Gasteiger partial charge in [0.15, 0.2) is 5.75 Å². The van der Waals surface area contributed by atoms with Crippen molar-refractivity contribution < 1.29 is 9.53 Å². The Labute approximate surface area is 245 Å². The van der Waals surface area contributed by atoms with Crippen LogP contribution in [0.25, 0.3) is 22.2 Å². The van der Waals surface area contributed by atoms with Crippen molar-refractivity contribution in [3.63, 3.8) is 0 Å². The van der Waals surface area contributed by atoms with Crippen LogP contribution in [0.2, 0.25) is 0 Å². The molecule has 5 rings (SSSR count). The number of carbonyl (C=O) groups excluding carboxylic acids is 1. The van der Waals surface area contributed by atoms with Gasteiger partial charge in [-0.1, -0.05) is 60.5 Å². The summed E-state index contributed by atoms with van der Waals surface area (Å²) >= 11 is 1.35. The molecule has 1 fully saturated rings. The second-order valence-electron chi connectivity index (χ2n) is 10.3. The number of piperazine rings is 1. The molecule has 8 nitrogen and oxygen atoms in total. The van der Waals surface area contributed by atoms with Crippen molar-refractivity contribution in [1.29, 1.82) is 0 Å². The van der Waals surface area contributed by atoms with Gasteiger partial charge < -0.3 is 9.30 Å². The number of rotatable bonds is 11. The smallest absolute Gasteiger partial charge is 0.243 e.